The van der Waals surface area contributed by atoms with Gasteiger partial charge in [-0.25, -0.2) is 0 Å². The van der Waals surface area contributed by atoms with E-state index in [-0.39, 0.29) is 17.3 Å². The molecular formula is C17H13ClO3. The number of hydrogen-bond acceptors (Lipinski definition) is 3. The molecule has 21 heavy (non-hydrogen) atoms. The first-order chi connectivity index (χ1) is 10.0. The van der Waals surface area contributed by atoms with E-state index in [1.807, 2.05) is 0 Å². The lowest BCUT2D eigenvalue weighted by molar-refractivity contribution is -0.110. The first-order valence-electron chi connectivity index (χ1n) is 6.22. The number of aromatic hydroxyl groups is 1. The summed E-state index contributed by atoms with van der Waals surface area (Å²) < 4.78 is 0. The summed E-state index contributed by atoms with van der Waals surface area (Å²) in [6, 6.07) is 13.0. The highest BCUT2D eigenvalue weighted by molar-refractivity contribution is 6.30. The summed E-state index contributed by atoms with van der Waals surface area (Å²) >= 11 is 5.82. The van der Waals surface area contributed by atoms with Gasteiger partial charge in [0.05, 0.1) is 0 Å². The highest BCUT2D eigenvalue weighted by Crippen LogP contribution is 2.17. The number of carbonyl (C=O) groups excluding carboxylic acids is 1. The zero-order valence-electron chi connectivity index (χ0n) is 11.0. The van der Waals surface area contributed by atoms with Crippen molar-refractivity contribution >= 4 is 29.2 Å². The minimum atomic E-state index is -0.347. The van der Waals surface area contributed by atoms with Gasteiger partial charge in [0.15, 0.2) is 5.78 Å². The minimum Gasteiger partial charge on any atom is -0.508 e. The molecule has 0 unspecified atom stereocenters. The highest BCUT2D eigenvalue weighted by atomic mass is 35.5. The SMILES string of the molecule is O=C(C=Cc1ccc(O)cc1)C=C(O)c1cccc(Cl)c1. The largest absolute Gasteiger partial charge is 0.508 e. The number of benzene rings is 2. The third-order valence-electron chi connectivity index (χ3n) is 2.73. The van der Waals surface area contributed by atoms with Crippen molar-refractivity contribution in [3.63, 3.8) is 0 Å². The molecule has 0 amide bonds. The van der Waals surface area contributed by atoms with E-state index in [4.69, 9.17) is 16.7 Å². The molecule has 0 heterocycles. The van der Waals surface area contributed by atoms with Crippen LogP contribution < -0.4 is 0 Å². The van der Waals surface area contributed by atoms with Gasteiger partial charge in [-0.05, 0) is 35.9 Å². The Kier molecular flexibility index (Phi) is 4.80. The van der Waals surface area contributed by atoms with Crippen LogP contribution in [0, 0.1) is 0 Å². The Balaban J connectivity index is 2.10. The third-order valence-corrected chi connectivity index (χ3v) is 2.97. The van der Waals surface area contributed by atoms with Crippen molar-refractivity contribution in [2.24, 2.45) is 0 Å². The topological polar surface area (TPSA) is 57.5 Å². The van der Waals surface area contributed by atoms with Gasteiger partial charge in [-0.2, -0.15) is 0 Å². The average molecular weight is 301 g/mol. The fraction of sp³-hybridized carbons (Fsp3) is 0. The molecule has 0 bridgehead atoms. The Morgan fingerprint density at radius 3 is 2.48 bits per heavy atom. The summed E-state index contributed by atoms with van der Waals surface area (Å²) in [6.07, 6.45) is 4.07. The van der Waals surface area contributed by atoms with Crippen LogP contribution in [-0.2, 0) is 4.79 Å². The van der Waals surface area contributed by atoms with Crippen molar-refractivity contribution in [1.29, 1.82) is 0 Å². The molecule has 2 aromatic carbocycles. The molecule has 0 saturated heterocycles. The van der Waals surface area contributed by atoms with Crippen LogP contribution in [0.4, 0.5) is 0 Å². The van der Waals surface area contributed by atoms with Gasteiger partial charge in [-0.1, -0.05) is 41.9 Å². The monoisotopic (exact) mass is 300 g/mol. The minimum absolute atomic E-state index is 0.141. The van der Waals surface area contributed by atoms with Crippen LogP contribution >= 0.6 is 11.6 Å². The number of halogens is 1. The van der Waals surface area contributed by atoms with Crippen LogP contribution in [0.25, 0.3) is 11.8 Å². The lowest BCUT2D eigenvalue weighted by Crippen LogP contribution is -1.90. The number of ketones is 1. The molecule has 0 atom stereocenters. The Bertz CT molecular complexity index is 700. The lowest BCUT2D eigenvalue weighted by Gasteiger charge is -1.99. The molecule has 0 saturated carbocycles. The van der Waals surface area contributed by atoms with Crippen molar-refractivity contribution < 1.29 is 15.0 Å². The van der Waals surface area contributed by atoms with Gasteiger partial charge in [-0.3, -0.25) is 4.79 Å². The second-order valence-corrected chi connectivity index (χ2v) is 4.80. The molecule has 0 radical (unpaired) electrons. The lowest BCUT2D eigenvalue weighted by atomic mass is 10.1. The van der Waals surface area contributed by atoms with E-state index in [1.54, 1.807) is 42.5 Å². The maximum absolute atomic E-state index is 11.7. The van der Waals surface area contributed by atoms with Gasteiger partial charge in [0.1, 0.15) is 11.5 Å². The number of rotatable bonds is 4. The van der Waals surface area contributed by atoms with E-state index in [1.165, 1.54) is 18.2 Å². The van der Waals surface area contributed by atoms with Gasteiger partial charge in [0, 0.05) is 16.7 Å². The second-order valence-electron chi connectivity index (χ2n) is 4.37. The van der Waals surface area contributed by atoms with Gasteiger partial charge >= 0.3 is 0 Å². The predicted molar refractivity (Wildman–Crippen MR) is 84.2 cm³/mol. The van der Waals surface area contributed by atoms with Gasteiger partial charge < -0.3 is 10.2 Å². The summed E-state index contributed by atoms with van der Waals surface area (Å²) in [5.41, 5.74) is 1.26. The number of phenolic OH excluding ortho intramolecular Hbond substituents is 1. The predicted octanol–water partition coefficient (Wildman–Crippen LogP) is 4.23. The van der Waals surface area contributed by atoms with E-state index >= 15 is 0 Å². The van der Waals surface area contributed by atoms with Crippen LogP contribution in [0.5, 0.6) is 5.75 Å². The molecule has 2 aromatic rings. The Morgan fingerprint density at radius 2 is 1.81 bits per heavy atom. The fourth-order valence-corrected chi connectivity index (χ4v) is 1.87. The van der Waals surface area contributed by atoms with Gasteiger partial charge in [0.2, 0.25) is 0 Å². The summed E-state index contributed by atoms with van der Waals surface area (Å²) in [6.45, 7) is 0. The zero-order chi connectivity index (χ0) is 15.2. The van der Waals surface area contributed by atoms with E-state index in [0.29, 0.717) is 10.6 Å². The maximum Gasteiger partial charge on any atom is 0.182 e. The quantitative estimate of drug-likeness (QED) is 0.656. The Labute approximate surface area is 127 Å². The third kappa shape index (κ3) is 4.51. The molecule has 0 spiro atoms. The maximum atomic E-state index is 11.7. The molecule has 2 rings (SSSR count). The smallest absolute Gasteiger partial charge is 0.182 e. The standard InChI is InChI=1S/C17H13ClO3/c18-14-3-1-2-13(10-14)17(21)11-16(20)9-6-12-4-7-15(19)8-5-12/h1-11,19,21H. The molecule has 0 fully saturated rings. The molecule has 0 aliphatic carbocycles. The zero-order valence-corrected chi connectivity index (χ0v) is 11.8. The number of carbonyl (C=O) groups is 1. The molecule has 2 N–H and O–H groups in total. The van der Waals surface area contributed by atoms with Crippen molar-refractivity contribution in [3.8, 4) is 5.75 Å². The van der Waals surface area contributed by atoms with Crippen LogP contribution in [0.1, 0.15) is 11.1 Å². The fourth-order valence-electron chi connectivity index (χ4n) is 1.68. The van der Waals surface area contributed by atoms with Gasteiger partial charge in [0.25, 0.3) is 0 Å². The normalized spacial score (nSPS) is 11.8. The second kappa shape index (κ2) is 6.77. The van der Waals surface area contributed by atoms with E-state index in [2.05, 4.69) is 0 Å². The van der Waals surface area contributed by atoms with Crippen molar-refractivity contribution in [1.82, 2.24) is 0 Å². The van der Waals surface area contributed by atoms with E-state index in [0.717, 1.165) is 11.6 Å². The first kappa shape index (κ1) is 14.9. The Morgan fingerprint density at radius 1 is 1.10 bits per heavy atom. The first-order valence-corrected chi connectivity index (χ1v) is 6.60. The van der Waals surface area contributed by atoms with E-state index < -0.39 is 0 Å². The molecule has 106 valence electrons. The van der Waals surface area contributed by atoms with Crippen molar-refractivity contribution in [2.45, 2.75) is 0 Å². The molecule has 3 nitrogen and oxygen atoms in total. The molecular weight excluding hydrogens is 288 g/mol. The summed E-state index contributed by atoms with van der Waals surface area (Å²) in [5, 5.41) is 19.5. The van der Waals surface area contributed by atoms with Crippen molar-refractivity contribution in [3.05, 3.63) is 76.8 Å². The summed E-state index contributed by atoms with van der Waals surface area (Å²) in [5.74, 6) is -0.324. The number of hydrogen-bond donors (Lipinski definition) is 2. The summed E-state index contributed by atoms with van der Waals surface area (Å²) in [4.78, 5) is 11.7. The van der Waals surface area contributed by atoms with Crippen LogP contribution in [0.2, 0.25) is 5.02 Å². The highest BCUT2D eigenvalue weighted by Gasteiger charge is 2.02. The number of allylic oxidation sites excluding steroid dienone is 2. The van der Waals surface area contributed by atoms with Gasteiger partial charge in [-0.15, -0.1) is 0 Å². The van der Waals surface area contributed by atoms with Crippen molar-refractivity contribution in [2.75, 3.05) is 0 Å². The molecule has 0 aliphatic heterocycles. The van der Waals surface area contributed by atoms with Crippen LogP contribution in [0.15, 0.2) is 60.7 Å². The van der Waals surface area contributed by atoms with Crippen LogP contribution in [0.3, 0.4) is 0 Å². The molecule has 0 aliphatic rings. The average Bonchev–Trinajstić information content (AvgIpc) is 2.46. The van der Waals surface area contributed by atoms with Crippen LogP contribution in [-0.4, -0.2) is 16.0 Å². The number of aliphatic hydroxyl groups excluding tert-OH is 1. The Hall–Kier alpha value is -2.52. The number of aliphatic hydroxyl groups is 1. The van der Waals surface area contributed by atoms with E-state index in [9.17, 15) is 9.90 Å². The summed E-state index contributed by atoms with van der Waals surface area (Å²) in [7, 11) is 0. The molecule has 4 heteroatoms. The number of phenols is 1. The molecule has 0 aromatic heterocycles.